The number of imide groups is 1. The molecule has 2 heterocycles. The van der Waals surface area contributed by atoms with Gasteiger partial charge >= 0.3 is 6.09 Å². The molecule has 2 rings (SSSR count). The molecule has 72 valence electrons. The molecule has 0 spiro atoms. The molecule has 2 amide bonds. The third-order valence-electron chi connectivity index (χ3n) is 1.93. The number of aromatic nitrogens is 1. The lowest BCUT2D eigenvalue weighted by atomic mass is 10.1. The van der Waals surface area contributed by atoms with E-state index in [-0.39, 0.29) is 0 Å². The minimum absolute atomic E-state index is 0.444. The topological polar surface area (TPSA) is 68.3 Å². The van der Waals surface area contributed by atoms with Crippen LogP contribution in [0.3, 0.4) is 0 Å². The van der Waals surface area contributed by atoms with Crippen molar-refractivity contribution in [2.75, 3.05) is 0 Å². The van der Waals surface area contributed by atoms with Crippen molar-refractivity contribution in [3.63, 3.8) is 0 Å². The zero-order valence-electron chi connectivity index (χ0n) is 7.48. The fraction of sp³-hybridized carbons (Fsp3) is 0.222. The van der Waals surface area contributed by atoms with E-state index < -0.39 is 18.1 Å². The smallest absolute Gasteiger partial charge is 0.415 e. The molecule has 1 unspecified atom stereocenters. The third-order valence-corrected chi connectivity index (χ3v) is 1.93. The fourth-order valence-corrected chi connectivity index (χ4v) is 1.21. The molecule has 1 fully saturated rings. The summed E-state index contributed by atoms with van der Waals surface area (Å²) in [6, 6.07) is 3.47. The van der Waals surface area contributed by atoms with Gasteiger partial charge in [-0.25, -0.2) is 4.79 Å². The number of rotatable bonds is 1. The van der Waals surface area contributed by atoms with Crippen molar-refractivity contribution < 1.29 is 14.3 Å². The van der Waals surface area contributed by atoms with Gasteiger partial charge in [-0.05, 0) is 13.0 Å². The van der Waals surface area contributed by atoms with Gasteiger partial charge in [-0.1, -0.05) is 6.07 Å². The number of carbonyl (C=O) groups is 2. The molecule has 1 aliphatic rings. The first-order valence-corrected chi connectivity index (χ1v) is 4.11. The number of cyclic esters (lactones) is 1. The Bertz CT molecular complexity index is 386. The predicted molar refractivity (Wildman–Crippen MR) is 46.3 cm³/mol. The Labute approximate surface area is 80.1 Å². The van der Waals surface area contributed by atoms with E-state index in [0.29, 0.717) is 5.56 Å². The van der Waals surface area contributed by atoms with Crippen LogP contribution in [0.2, 0.25) is 0 Å². The first kappa shape index (κ1) is 8.68. The SMILES string of the molecule is Cc1ccc(C2OC(=O)NC2=O)cn1. The zero-order valence-corrected chi connectivity index (χ0v) is 7.48. The molecule has 0 saturated carbocycles. The van der Waals surface area contributed by atoms with Crippen LogP contribution in [0.4, 0.5) is 4.79 Å². The maximum absolute atomic E-state index is 11.2. The van der Waals surface area contributed by atoms with Gasteiger partial charge in [0.2, 0.25) is 6.10 Å². The zero-order chi connectivity index (χ0) is 10.1. The molecule has 1 saturated heterocycles. The average molecular weight is 192 g/mol. The van der Waals surface area contributed by atoms with E-state index in [0.717, 1.165) is 5.69 Å². The molecule has 5 nitrogen and oxygen atoms in total. The van der Waals surface area contributed by atoms with E-state index in [1.165, 1.54) is 6.20 Å². The Morgan fingerprint density at radius 1 is 1.43 bits per heavy atom. The van der Waals surface area contributed by atoms with Gasteiger partial charge in [-0.3, -0.25) is 15.1 Å². The fourth-order valence-electron chi connectivity index (χ4n) is 1.21. The van der Waals surface area contributed by atoms with Crippen molar-refractivity contribution in [1.82, 2.24) is 10.3 Å². The summed E-state index contributed by atoms with van der Waals surface area (Å²) in [6.07, 6.45) is -0.0331. The monoisotopic (exact) mass is 192 g/mol. The van der Waals surface area contributed by atoms with Crippen LogP contribution in [-0.2, 0) is 9.53 Å². The number of aryl methyl sites for hydroxylation is 1. The summed E-state index contributed by atoms with van der Waals surface area (Å²) < 4.78 is 4.76. The number of nitrogens with one attached hydrogen (secondary N) is 1. The molecule has 0 aliphatic carbocycles. The molecule has 1 aromatic heterocycles. The van der Waals surface area contributed by atoms with Crippen LogP contribution in [0.1, 0.15) is 17.4 Å². The summed E-state index contributed by atoms with van der Waals surface area (Å²) in [5.74, 6) is -0.444. The first-order chi connectivity index (χ1) is 6.66. The van der Waals surface area contributed by atoms with Crippen LogP contribution in [0, 0.1) is 6.92 Å². The Balaban J connectivity index is 2.27. The highest BCUT2D eigenvalue weighted by molar-refractivity contribution is 6.00. The number of hydrogen-bond donors (Lipinski definition) is 1. The summed E-state index contributed by atoms with van der Waals surface area (Å²) in [5.41, 5.74) is 1.43. The van der Waals surface area contributed by atoms with Gasteiger partial charge in [0.15, 0.2) is 0 Å². The van der Waals surface area contributed by atoms with Gasteiger partial charge in [0, 0.05) is 17.5 Å². The van der Waals surface area contributed by atoms with E-state index in [4.69, 9.17) is 4.74 Å². The van der Waals surface area contributed by atoms with E-state index in [2.05, 4.69) is 10.3 Å². The Morgan fingerprint density at radius 3 is 2.71 bits per heavy atom. The molecule has 0 radical (unpaired) electrons. The highest BCUT2D eigenvalue weighted by Gasteiger charge is 2.33. The molecule has 1 atom stereocenters. The van der Waals surface area contributed by atoms with Crippen LogP contribution >= 0.6 is 0 Å². The maximum Gasteiger partial charge on any atom is 0.415 e. The van der Waals surface area contributed by atoms with Crippen molar-refractivity contribution in [2.24, 2.45) is 0 Å². The van der Waals surface area contributed by atoms with E-state index >= 15 is 0 Å². The van der Waals surface area contributed by atoms with Crippen LogP contribution < -0.4 is 5.32 Å². The van der Waals surface area contributed by atoms with Crippen LogP contribution in [0.15, 0.2) is 18.3 Å². The molecule has 0 aromatic carbocycles. The van der Waals surface area contributed by atoms with Gasteiger partial charge in [0.05, 0.1) is 0 Å². The number of amides is 2. The van der Waals surface area contributed by atoms with Crippen molar-refractivity contribution in [3.8, 4) is 0 Å². The summed E-state index contributed by atoms with van der Waals surface area (Å²) in [4.78, 5) is 25.9. The van der Waals surface area contributed by atoms with Crippen molar-refractivity contribution in [3.05, 3.63) is 29.6 Å². The molecule has 1 N–H and O–H groups in total. The van der Waals surface area contributed by atoms with Gasteiger partial charge in [0.25, 0.3) is 5.91 Å². The van der Waals surface area contributed by atoms with Crippen molar-refractivity contribution in [2.45, 2.75) is 13.0 Å². The summed E-state index contributed by atoms with van der Waals surface area (Å²) in [7, 11) is 0. The molecule has 14 heavy (non-hydrogen) atoms. The third kappa shape index (κ3) is 1.44. The van der Waals surface area contributed by atoms with Crippen molar-refractivity contribution in [1.29, 1.82) is 0 Å². The van der Waals surface area contributed by atoms with Crippen LogP contribution in [-0.4, -0.2) is 17.0 Å². The first-order valence-electron chi connectivity index (χ1n) is 4.11. The predicted octanol–water partition coefficient (Wildman–Crippen LogP) is 0.698. The number of alkyl carbamates (subject to hydrolysis) is 1. The largest absolute Gasteiger partial charge is 0.431 e. The number of nitrogens with zero attached hydrogens (tertiary/aromatic N) is 1. The summed E-state index contributed by atoms with van der Waals surface area (Å²) in [5, 5.41) is 2.05. The molecule has 5 heteroatoms. The summed E-state index contributed by atoms with van der Waals surface area (Å²) in [6.45, 7) is 1.84. The van der Waals surface area contributed by atoms with Gasteiger partial charge in [-0.2, -0.15) is 0 Å². The van der Waals surface area contributed by atoms with Gasteiger partial charge < -0.3 is 4.74 Å². The van der Waals surface area contributed by atoms with E-state index in [9.17, 15) is 9.59 Å². The van der Waals surface area contributed by atoms with Crippen LogP contribution in [0.5, 0.6) is 0 Å². The lowest BCUT2D eigenvalue weighted by Gasteiger charge is -2.05. The highest BCUT2D eigenvalue weighted by Crippen LogP contribution is 2.20. The lowest BCUT2D eigenvalue weighted by Crippen LogP contribution is -2.20. The minimum Gasteiger partial charge on any atom is -0.431 e. The second kappa shape index (κ2) is 3.10. The normalized spacial score (nSPS) is 20.5. The molecular formula is C9H8N2O3. The van der Waals surface area contributed by atoms with E-state index in [1.54, 1.807) is 12.1 Å². The van der Waals surface area contributed by atoms with Crippen molar-refractivity contribution >= 4 is 12.0 Å². The minimum atomic E-state index is -0.851. The maximum atomic E-state index is 11.2. The number of hydrogen-bond acceptors (Lipinski definition) is 4. The molecule has 1 aliphatic heterocycles. The molecular weight excluding hydrogens is 184 g/mol. The number of pyridine rings is 1. The van der Waals surface area contributed by atoms with Gasteiger partial charge in [-0.15, -0.1) is 0 Å². The van der Waals surface area contributed by atoms with E-state index in [1.807, 2.05) is 6.92 Å². The van der Waals surface area contributed by atoms with Crippen LogP contribution in [0.25, 0.3) is 0 Å². The van der Waals surface area contributed by atoms with Gasteiger partial charge in [0.1, 0.15) is 0 Å². The second-order valence-electron chi connectivity index (χ2n) is 3.01. The standard InChI is InChI=1S/C9H8N2O3/c1-5-2-3-6(4-10-5)7-8(12)11-9(13)14-7/h2-4,7H,1H3,(H,11,12,13). The molecule has 0 bridgehead atoms. The average Bonchev–Trinajstić information content (AvgIpc) is 2.47. The quantitative estimate of drug-likeness (QED) is 0.711. The number of ether oxygens (including phenoxy) is 1. The Hall–Kier alpha value is -1.91. The number of carbonyl (C=O) groups excluding carboxylic acids is 2. The Kier molecular flexibility index (Phi) is 1.92. The highest BCUT2D eigenvalue weighted by atomic mass is 16.6. The summed E-state index contributed by atoms with van der Waals surface area (Å²) >= 11 is 0. The molecule has 1 aromatic rings. The Morgan fingerprint density at radius 2 is 2.21 bits per heavy atom. The second-order valence-corrected chi connectivity index (χ2v) is 3.01. The lowest BCUT2D eigenvalue weighted by molar-refractivity contribution is -0.123.